The van der Waals surface area contributed by atoms with E-state index in [4.69, 9.17) is 16.7 Å². The Labute approximate surface area is 103 Å². The summed E-state index contributed by atoms with van der Waals surface area (Å²) in [5.41, 5.74) is 0.603. The van der Waals surface area contributed by atoms with E-state index in [0.29, 0.717) is 10.5 Å². The fraction of sp³-hybridized carbons (Fsp3) is 0.364. The summed E-state index contributed by atoms with van der Waals surface area (Å²) in [6.45, 7) is 5.66. The number of rotatable bonds is 2. The van der Waals surface area contributed by atoms with Gasteiger partial charge >= 0.3 is 5.97 Å². The lowest BCUT2D eigenvalue weighted by Gasteiger charge is -2.06. The van der Waals surface area contributed by atoms with Gasteiger partial charge in [0.05, 0.1) is 21.4 Å². The summed E-state index contributed by atoms with van der Waals surface area (Å²) in [6, 6.07) is 2.90. The Balaban J connectivity index is 0.00000106. The second-order valence-electron chi connectivity index (χ2n) is 2.81. The van der Waals surface area contributed by atoms with Crippen LogP contribution in [-0.4, -0.2) is 21.5 Å². The second-order valence-corrected chi connectivity index (χ2v) is 4.54. The lowest BCUT2D eigenvalue weighted by atomic mass is 10.1. The number of carbonyl (C=O) groups is 1. The number of hydrogen-bond acceptors (Lipinski definition) is 2. The van der Waals surface area contributed by atoms with Crippen LogP contribution >= 0.6 is 11.6 Å². The minimum atomic E-state index is -1.15. The van der Waals surface area contributed by atoms with Crippen molar-refractivity contribution in [2.75, 3.05) is 6.26 Å². The maximum atomic E-state index is 11.2. The van der Waals surface area contributed by atoms with Crippen LogP contribution < -0.4 is 0 Å². The van der Waals surface area contributed by atoms with E-state index < -0.39 is 16.8 Å². The molecule has 0 saturated heterocycles. The molecule has 16 heavy (non-hydrogen) atoms. The van der Waals surface area contributed by atoms with Gasteiger partial charge in [0.1, 0.15) is 0 Å². The zero-order chi connectivity index (χ0) is 12.9. The van der Waals surface area contributed by atoms with Crippen LogP contribution in [-0.2, 0) is 10.8 Å². The highest BCUT2D eigenvalue weighted by Gasteiger charge is 2.14. The maximum Gasteiger partial charge on any atom is 0.337 e. The Hall–Kier alpha value is -0.870. The molecule has 1 unspecified atom stereocenters. The minimum absolute atomic E-state index is 0.0402. The molecule has 3 nitrogen and oxygen atoms in total. The highest BCUT2D eigenvalue weighted by molar-refractivity contribution is 7.84. The standard InChI is InChI=1S/C9H9ClO3S.C2H6/c1-5-7(14(2)13)4-3-6(8(5)10)9(11)12;1-2/h3-4H,1-2H3,(H,11,12);1-2H3. The predicted molar refractivity (Wildman–Crippen MR) is 66.8 cm³/mol. The first-order valence-electron chi connectivity index (χ1n) is 4.81. The smallest absolute Gasteiger partial charge is 0.337 e. The van der Waals surface area contributed by atoms with E-state index in [9.17, 15) is 9.00 Å². The zero-order valence-corrected chi connectivity index (χ0v) is 11.3. The van der Waals surface area contributed by atoms with Crippen molar-refractivity contribution in [3.63, 3.8) is 0 Å². The molecule has 1 aromatic carbocycles. The molecule has 90 valence electrons. The monoisotopic (exact) mass is 262 g/mol. The van der Waals surface area contributed by atoms with E-state index in [1.807, 2.05) is 13.8 Å². The van der Waals surface area contributed by atoms with Gasteiger partial charge in [-0.25, -0.2) is 4.79 Å². The highest BCUT2D eigenvalue weighted by atomic mass is 35.5. The zero-order valence-electron chi connectivity index (χ0n) is 9.70. The van der Waals surface area contributed by atoms with Gasteiger partial charge in [-0.15, -0.1) is 0 Å². The van der Waals surface area contributed by atoms with Crippen LogP contribution in [0.15, 0.2) is 17.0 Å². The number of carboxylic acids is 1. The lowest BCUT2D eigenvalue weighted by Crippen LogP contribution is -2.01. The predicted octanol–water partition coefficient (Wildman–Crippen LogP) is 3.11. The van der Waals surface area contributed by atoms with E-state index in [-0.39, 0.29) is 10.6 Å². The lowest BCUT2D eigenvalue weighted by molar-refractivity contribution is 0.0697. The number of carboxylic acid groups (broad SMARTS) is 1. The molecule has 0 aliphatic carbocycles. The largest absolute Gasteiger partial charge is 0.478 e. The van der Waals surface area contributed by atoms with E-state index >= 15 is 0 Å². The highest BCUT2D eigenvalue weighted by Crippen LogP contribution is 2.25. The van der Waals surface area contributed by atoms with Gasteiger partial charge in [-0.05, 0) is 24.6 Å². The normalized spacial score (nSPS) is 11.3. The maximum absolute atomic E-state index is 11.2. The Morgan fingerprint density at radius 1 is 1.38 bits per heavy atom. The van der Waals surface area contributed by atoms with Crippen molar-refractivity contribution in [3.05, 3.63) is 28.3 Å². The number of halogens is 1. The quantitative estimate of drug-likeness (QED) is 0.891. The molecular weight excluding hydrogens is 248 g/mol. The summed E-state index contributed by atoms with van der Waals surface area (Å²) < 4.78 is 11.2. The molecule has 1 atom stereocenters. The third kappa shape index (κ3) is 3.32. The van der Waals surface area contributed by atoms with E-state index in [1.54, 1.807) is 6.92 Å². The van der Waals surface area contributed by atoms with Crippen LogP contribution in [0, 0.1) is 6.92 Å². The summed E-state index contributed by atoms with van der Waals surface area (Å²) in [4.78, 5) is 11.3. The molecule has 0 radical (unpaired) electrons. The molecule has 0 aromatic heterocycles. The fourth-order valence-corrected chi connectivity index (χ4v) is 2.24. The van der Waals surface area contributed by atoms with Crippen LogP contribution in [0.2, 0.25) is 5.02 Å². The SMILES string of the molecule is CC.Cc1c(S(C)=O)ccc(C(=O)O)c1Cl. The molecule has 0 fully saturated rings. The third-order valence-corrected chi connectivity index (χ3v) is 3.43. The van der Waals surface area contributed by atoms with Gasteiger partial charge in [-0.1, -0.05) is 25.4 Å². The summed E-state index contributed by atoms with van der Waals surface area (Å²) in [6.07, 6.45) is 1.53. The van der Waals surface area contributed by atoms with Crippen molar-refractivity contribution in [3.8, 4) is 0 Å². The van der Waals surface area contributed by atoms with Crippen molar-refractivity contribution >= 4 is 28.4 Å². The molecule has 0 bridgehead atoms. The van der Waals surface area contributed by atoms with Gasteiger partial charge in [0.2, 0.25) is 0 Å². The van der Waals surface area contributed by atoms with Crippen molar-refractivity contribution in [2.45, 2.75) is 25.7 Å². The molecule has 0 heterocycles. The first-order valence-corrected chi connectivity index (χ1v) is 6.74. The molecule has 1 aromatic rings. The molecule has 0 aliphatic rings. The Morgan fingerprint density at radius 2 is 1.88 bits per heavy atom. The average molecular weight is 263 g/mol. The fourth-order valence-electron chi connectivity index (χ4n) is 1.14. The summed E-state index contributed by atoms with van der Waals surface area (Å²) in [5.74, 6) is -1.08. The summed E-state index contributed by atoms with van der Waals surface area (Å²) in [5, 5.41) is 8.92. The van der Waals surface area contributed by atoms with Crippen LogP contribution in [0.4, 0.5) is 0 Å². The molecule has 1 rings (SSSR count). The molecule has 0 saturated carbocycles. The van der Waals surface area contributed by atoms with Gasteiger partial charge in [0.25, 0.3) is 0 Å². The van der Waals surface area contributed by atoms with Crippen molar-refractivity contribution in [1.82, 2.24) is 0 Å². The van der Waals surface area contributed by atoms with E-state index in [2.05, 4.69) is 0 Å². The van der Waals surface area contributed by atoms with Gasteiger partial charge in [-0.3, -0.25) is 4.21 Å². The Bertz CT molecular complexity index is 377. The third-order valence-electron chi connectivity index (χ3n) is 1.88. The number of benzene rings is 1. The van der Waals surface area contributed by atoms with E-state index in [1.165, 1.54) is 18.4 Å². The van der Waals surface area contributed by atoms with E-state index in [0.717, 1.165) is 0 Å². The molecule has 0 spiro atoms. The van der Waals surface area contributed by atoms with Gasteiger partial charge < -0.3 is 5.11 Å². The number of aromatic carboxylic acids is 1. The first kappa shape index (κ1) is 15.1. The average Bonchev–Trinajstić information content (AvgIpc) is 2.23. The molecular formula is C11H15ClO3S. The van der Waals surface area contributed by atoms with Crippen LogP contribution in [0.25, 0.3) is 0 Å². The molecule has 5 heteroatoms. The molecule has 1 N–H and O–H groups in total. The number of hydrogen-bond donors (Lipinski definition) is 1. The first-order chi connectivity index (χ1) is 7.45. The molecule has 0 amide bonds. The Kier molecular flexibility index (Phi) is 6.29. The van der Waals surface area contributed by atoms with Crippen LogP contribution in [0.5, 0.6) is 0 Å². The van der Waals surface area contributed by atoms with Crippen molar-refractivity contribution in [1.29, 1.82) is 0 Å². The van der Waals surface area contributed by atoms with Gasteiger partial charge in [0.15, 0.2) is 0 Å². The topological polar surface area (TPSA) is 54.4 Å². The Morgan fingerprint density at radius 3 is 2.25 bits per heavy atom. The summed E-state index contributed by atoms with van der Waals surface area (Å²) >= 11 is 5.82. The van der Waals surface area contributed by atoms with Crippen molar-refractivity contribution in [2.24, 2.45) is 0 Å². The van der Waals surface area contributed by atoms with Gasteiger partial charge in [0, 0.05) is 11.2 Å². The van der Waals surface area contributed by atoms with Gasteiger partial charge in [-0.2, -0.15) is 0 Å². The van der Waals surface area contributed by atoms with Crippen LogP contribution in [0.1, 0.15) is 29.8 Å². The molecule has 0 aliphatic heterocycles. The second kappa shape index (κ2) is 6.66. The van der Waals surface area contributed by atoms with Crippen molar-refractivity contribution < 1.29 is 14.1 Å². The van der Waals surface area contributed by atoms with Crippen LogP contribution in [0.3, 0.4) is 0 Å². The summed E-state index contributed by atoms with van der Waals surface area (Å²) in [7, 11) is -1.15. The minimum Gasteiger partial charge on any atom is -0.478 e.